The van der Waals surface area contributed by atoms with Crippen LogP contribution in [0.2, 0.25) is 5.02 Å². The Balaban J connectivity index is 1.85. The Bertz CT molecular complexity index is 402. The van der Waals surface area contributed by atoms with Crippen LogP contribution in [0.5, 0.6) is 0 Å². The van der Waals surface area contributed by atoms with Gasteiger partial charge in [0.25, 0.3) is 0 Å². The molecule has 100 valence electrons. The first-order valence-electron chi connectivity index (χ1n) is 6.95. The maximum absolute atomic E-state index is 6.25. The predicted molar refractivity (Wildman–Crippen MR) is 79.1 cm³/mol. The van der Waals surface area contributed by atoms with Crippen molar-refractivity contribution in [3.8, 4) is 0 Å². The van der Waals surface area contributed by atoms with Gasteiger partial charge in [0.2, 0.25) is 0 Å². The van der Waals surface area contributed by atoms with E-state index < -0.39 is 0 Å². The third-order valence-corrected chi connectivity index (χ3v) is 4.48. The van der Waals surface area contributed by atoms with Gasteiger partial charge >= 0.3 is 0 Å². The fraction of sp³-hybridized carbons (Fsp3) is 0.625. The minimum atomic E-state index is 0.541. The second-order valence-electron chi connectivity index (χ2n) is 6.41. The molecule has 1 aromatic rings. The molecule has 1 aromatic carbocycles. The molecular weight excluding hydrogens is 242 g/mol. The molecule has 1 N–H and O–H groups in total. The van der Waals surface area contributed by atoms with Crippen LogP contribution >= 0.6 is 11.6 Å². The molecule has 0 unspecified atom stereocenters. The normalized spacial score (nSPS) is 20.0. The van der Waals surface area contributed by atoms with Gasteiger partial charge in [0.1, 0.15) is 0 Å². The van der Waals surface area contributed by atoms with E-state index in [0.29, 0.717) is 11.5 Å². The van der Waals surface area contributed by atoms with Crippen LogP contribution in [0.4, 0.5) is 0 Å². The summed E-state index contributed by atoms with van der Waals surface area (Å²) in [5, 5.41) is 4.54. The van der Waals surface area contributed by atoms with Crippen molar-refractivity contribution in [1.29, 1.82) is 0 Å². The molecule has 1 aliphatic rings. The number of hydrogen-bond acceptors (Lipinski definition) is 1. The van der Waals surface area contributed by atoms with Crippen LogP contribution in [0, 0.1) is 12.3 Å². The minimum absolute atomic E-state index is 0.541. The Morgan fingerprint density at radius 1 is 1.28 bits per heavy atom. The van der Waals surface area contributed by atoms with E-state index in [0.717, 1.165) is 11.6 Å². The molecule has 1 saturated carbocycles. The summed E-state index contributed by atoms with van der Waals surface area (Å²) in [4.78, 5) is 0. The quantitative estimate of drug-likeness (QED) is 0.835. The van der Waals surface area contributed by atoms with Crippen LogP contribution in [-0.4, -0.2) is 6.04 Å². The Morgan fingerprint density at radius 2 is 1.94 bits per heavy atom. The minimum Gasteiger partial charge on any atom is -0.310 e. The molecule has 0 aromatic heterocycles. The lowest BCUT2D eigenvalue weighted by Gasteiger charge is -2.34. The molecule has 1 aliphatic carbocycles. The van der Waals surface area contributed by atoms with Crippen LogP contribution < -0.4 is 5.32 Å². The second kappa shape index (κ2) is 5.63. The molecule has 0 heterocycles. The van der Waals surface area contributed by atoms with E-state index in [1.54, 1.807) is 0 Å². The molecule has 1 fully saturated rings. The van der Waals surface area contributed by atoms with Gasteiger partial charge in [-0.05, 0) is 55.2 Å². The first-order valence-corrected chi connectivity index (χ1v) is 7.32. The molecule has 2 rings (SSSR count). The maximum Gasteiger partial charge on any atom is 0.0453 e. The van der Waals surface area contributed by atoms with Gasteiger partial charge in [-0.2, -0.15) is 0 Å². The van der Waals surface area contributed by atoms with Crippen molar-refractivity contribution in [3.05, 3.63) is 34.3 Å². The summed E-state index contributed by atoms with van der Waals surface area (Å²) in [5.41, 5.74) is 2.98. The first kappa shape index (κ1) is 13.9. The standard InChI is InChI=1S/C16H24ClN/c1-12-4-5-13(15(17)10-12)11-18-14-6-8-16(2,3)9-7-14/h4-5,10,14,18H,6-9,11H2,1-3H3. The van der Waals surface area contributed by atoms with Gasteiger partial charge in [0.05, 0.1) is 0 Å². The van der Waals surface area contributed by atoms with Gasteiger partial charge in [-0.1, -0.05) is 37.6 Å². The van der Waals surface area contributed by atoms with Crippen LogP contribution in [0.25, 0.3) is 0 Å². The first-order chi connectivity index (χ1) is 8.46. The number of rotatable bonds is 3. The lowest BCUT2D eigenvalue weighted by atomic mass is 9.75. The van der Waals surface area contributed by atoms with Gasteiger partial charge in [-0.15, -0.1) is 0 Å². The third kappa shape index (κ3) is 3.73. The molecule has 18 heavy (non-hydrogen) atoms. The summed E-state index contributed by atoms with van der Waals surface area (Å²) in [6, 6.07) is 6.97. The smallest absolute Gasteiger partial charge is 0.0453 e. The molecular formula is C16H24ClN. The summed E-state index contributed by atoms with van der Waals surface area (Å²) < 4.78 is 0. The summed E-state index contributed by atoms with van der Waals surface area (Å²) in [5.74, 6) is 0. The number of aryl methyl sites for hydroxylation is 1. The molecule has 0 saturated heterocycles. The number of hydrogen-bond donors (Lipinski definition) is 1. The SMILES string of the molecule is Cc1ccc(CNC2CCC(C)(C)CC2)c(Cl)c1. The van der Waals surface area contributed by atoms with Gasteiger partial charge in [-0.3, -0.25) is 0 Å². The maximum atomic E-state index is 6.25. The van der Waals surface area contributed by atoms with Gasteiger partial charge in [-0.25, -0.2) is 0 Å². The summed E-state index contributed by atoms with van der Waals surface area (Å²) in [7, 11) is 0. The highest BCUT2D eigenvalue weighted by molar-refractivity contribution is 6.31. The van der Waals surface area contributed by atoms with Gasteiger partial charge in [0.15, 0.2) is 0 Å². The van der Waals surface area contributed by atoms with E-state index in [2.05, 4.69) is 38.2 Å². The molecule has 2 heteroatoms. The molecule has 1 nitrogen and oxygen atoms in total. The number of nitrogens with one attached hydrogen (secondary N) is 1. The fourth-order valence-corrected chi connectivity index (χ4v) is 2.96. The van der Waals surface area contributed by atoms with E-state index in [1.165, 1.54) is 36.8 Å². The van der Waals surface area contributed by atoms with E-state index in [-0.39, 0.29) is 0 Å². The highest BCUT2D eigenvalue weighted by Gasteiger charge is 2.26. The summed E-state index contributed by atoms with van der Waals surface area (Å²) in [6.07, 6.45) is 5.23. The average Bonchev–Trinajstić information content (AvgIpc) is 2.29. The van der Waals surface area contributed by atoms with E-state index in [4.69, 9.17) is 11.6 Å². The Labute approximate surface area is 116 Å². The molecule has 0 aliphatic heterocycles. The van der Waals surface area contributed by atoms with Crippen molar-refractivity contribution in [2.75, 3.05) is 0 Å². The zero-order chi connectivity index (χ0) is 13.2. The predicted octanol–water partition coefficient (Wildman–Crippen LogP) is 4.71. The number of benzene rings is 1. The summed E-state index contributed by atoms with van der Waals surface area (Å²) in [6.45, 7) is 7.72. The Morgan fingerprint density at radius 3 is 2.56 bits per heavy atom. The fourth-order valence-electron chi connectivity index (χ4n) is 2.65. The molecule has 0 spiro atoms. The third-order valence-electron chi connectivity index (χ3n) is 4.13. The van der Waals surface area contributed by atoms with Gasteiger partial charge < -0.3 is 5.32 Å². The second-order valence-corrected chi connectivity index (χ2v) is 6.82. The van der Waals surface area contributed by atoms with Crippen molar-refractivity contribution in [2.24, 2.45) is 5.41 Å². The van der Waals surface area contributed by atoms with E-state index in [9.17, 15) is 0 Å². The van der Waals surface area contributed by atoms with Crippen molar-refractivity contribution >= 4 is 11.6 Å². The summed E-state index contributed by atoms with van der Waals surface area (Å²) >= 11 is 6.25. The zero-order valence-corrected chi connectivity index (χ0v) is 12.5. The monoisotopic (exact) mass is 265 g/mol. The van der Waals surface area contributed by atoms with E-state index in [1.807, 2.05) is 6.07 Å². The lowest BCUT2D eigenvalue weighted by molar-refractivity contribution is 0.206. The van der Waals surface area contributed by atoms with Crippen LogP contribution in [0.3, 0.4) is 0 Å². The van der Waals surface area contributed by atoms with Crippen LogP contribution in [0.15, 0.2) is 18.2 Å². The van der Waals surface area contributed by atoms with Crippen molar-refractivity contribution in [1.82, 2.24) is 5.32 Å². The molecule has 0 amide bonds. The largest absolute Gasteiger partial charge is 0.310 e. The Kier molecular flexibility index (Phi) is 4.34. The average molecular weight is 266 g/mol. The zero-order valence-electron chi connectivity index (χ0n) is 11.7. The highest BCUT2D eigenvalue weighted by Crippen LogP contribution is 2.35. The molecule has 0 bridgehead atoms. The van der Waals surface area contributed by atoms with Crippen molar-refractivity contribution in [3.63, 3.8) is 0 Å². The topological polar surface area (TPSA) is 12.0 Å². The number of halogens is 1. The van der Waals surface area contributed by atoms with Gasteiger partial charge in [0, 0.05) is 17.6 Å². The molecule has 0 atom stereocenters. The van der Waals surface area contributed by atoms with Crippen LogP contribution in [-0.2, 0) is 6.54 Å². The Hall–Kier alpha value is -0.530. The van der Waals surface area contributed by atoms with E-state index >= 15 is 0 Å². The lowest BCUT2D eigenvalue weighted by Crippen LogP contribution is -2.35. The van der Waals surface area contributed by atoms with Crippen molar-refractivity contribution in [2.45, 2.75) is 59.0 Å². The highest BCUT2D eigenvalue weighted by atomic mass is 35.5. The van der Waals surface area contributed by atoms with Crippen LogP contribution in [0.1, 0.15) is 50.7 Å². The molecule has 0 radical (unpaired) electrons. The van der Waals surface area contributed by atoms with Crippen molar-refractivity contribution < 1.29 is 0 Å².